The molecule has 0 bridgehead atoms. The lowest BCUT2D eigenvalue weighted by Gasteiger charge is -2.21. The zero-order valence-electron chi connectivity index (χ0n) is 7.88. The first-order chi connectivity index (χ1) is 6.29. The van der Waals surface area contributed by atoms with Gasteiger partial charge < -0.3 is 5.32 Å². The van der Waals surface area contributed by atoms with Crippen LogP contribution in [-0.2, 0) is 13.0 Å². The molecule has 0 fully saturated rings. The van der Waals surface area contributed by atoms with E-state index < -0.39 is 0 Å². The van der Waals surface area contributed by atoms with Gasteiger partial charge in [0.1, 0.15) is 0 Å². The molecule has 2 rings (SSSR count). The molecule has 1 nitrogen and oxygen atoms in total. The second-order valence-electron chi connectivity index (χ2n) is 3.59. The first-order valence-electron chi connectivity index (χ1n) is 4.78. The van der Waals surface area contributed by atoms with Crippen LogP contribution >= 0.6 is 12.6 Å². The maximum absolute atomic E-state index is 4.49. The van der Waals surface area contributed by atoms with Gasteiger partial charge in [-0.15, -0.1) is 0 Å². The van der Waals surface area contributed by atoms with Crippen LogP contribution in [0, 0.1) is 0 Å². The molecular weight excluding hydrogens is 178 g/mol. The van der Waals surface area contributed by atoms with Crippen LogP contribution in [-0.4, -0.2) is 6.54 Å². The number of thiol groups is 1. The van der Waals surface area contributed by atoms with E-state index in [0.717, 1.165) is 19.5 Å². The molecule has 1 atom stereocenters. The Morgan fingerprint density at radius 3 is 3.08 bits per heavy atom. The van der Waals surface area contributed by atoms with Crippen molar-refractivity contribution < 1.29 is 0 Å². The van der Waals surface area contributed by atoms with Gasteiger partial charge in [0.2, 0.25) is 0 Å². The molecule has 0 aliphatic carbocycles. The Bertz CT molecular complexity index is 307. The van der Waals surface area contributed by atoms with Crippen LogP contribution in [0.4, 0.5) is 0 Å². The normalized spacial score (nSPS) is 18.0. The van der Waals surface area contributed by atoms with Crippen LogP contribution in [0.2, 0.25) is 0 Å². The third kappa shape index (κ3) is 1.74. The third-order valence-electron chi connectivity index (χ3n) is 2.63. The number of hydrogen-bond acceptors (Lipinski definition) is 2. The Labute approximate surface area is 85.0 Å². The quantitative estimate of drug-likeness (QED) is 0.652. The summed E-state index contributed by atoms with van der Waals surface area (Å²) in [6.45, 7) is 4.25. The van der Waals surface area contributed by atoms with E-state index in [2.05, 4.69) is 43.1 Å². The van der Waals surface area contributed by atoms with Crippen molar-refractivity contribution in [3.63, 3.8) is 0 Å². The van der Waals surface area contributed by atoms with Crippen molar-refractivity contribution in [3.05, 3.63) is 34.9 Å². The van der Waals surface area contributed by atoms with Gasteiger partial charge in [0.15, 0.2) is 0 Å². The molecule has 0 spiro atoms. The molecule has 1 unspecified atom stereocenters. The summed E-state index contributed by atoms with van der Waals surface area (Å²) in [4.78, 5) is 0. The molecule has 0 aromatic heterocycles. The molecule has 1 heterocycles. The van der Waals surface area contributed by atoms with Crippen molar-refractivity contribution in [1.29, 1.82) is 0 Å². The average molecular weight is 193 g/mol. The first kappa shape index (κ1) is 9.10. The largest absolute Gasteiger partial charge is 0.312 e. The van der Waals surface area contributed by atoms with E-state index in [-0.39, 0.29) is 0 Å². The van der Waals surface area contributed by atoms with Crippen molar-refractivity contribution in [1.82, 2.24) is 5.32 Å². The van der Waals surface area contributed by atoms with E-state index in [0.29, 0.717) is 5.25 Å². The predicted octanol–water partition coefficient (Wildman–Crippen LogP) is 2.32. The van der Waals surface area contributed by atoms with E-state index in [4.69, 9.17) is 0 Å². The zero-order valence-corrected chi connectivity index (χ0v) is 8.77. The smallest absolute Gasteiger partial charge is 0.0242 e. The van der Waals surface area contributed by atoms with Gasteiger partial charge in [-0.25, -0.2) is 0 Å². The van der Waals surface area contributed by atoms with Crippen molar-refractivity contribution in [2.45, 2.75) is 25.1 Å². The highest BCUT2D eigenvalue weighted by Gasteiger charge is 2.13. The molecule has 1 aromatic rings. The summed E-state index contributed by atoms with van der Waals surface area (Å²) in [6, 6.07) is 6.56. The minimum absolute atomic E-state index is 0.342. The highest BCUT2D eigenvalue weighted by Crippen LogP contribution is 2.27. The second-order valence-corrected chi connectivity index (χ2v) is 4.36. The van der Waals surface area contributed by atoms with Crippen LogP contribution in [0.5, 0.6) is 0 Å². The number of benzene rings is 1. The number of rotatable bonds is 1. The van der Waals surface area contributed by atoms with Gasteiger partial charge in [0.25, 0.3) is 0 Å². The highest BCUT2D eigenvalue weighted by atomic mass is 32.1. The van der Waals surface area contributed by atoms with Crippen LogP contribution in [0.15, 0.2) is 18.2 Å². The number of nitrogens with one attached hydrogen (secondary N) is 1. The van der Waals surface area contributed by atoms with Crippen LogP contribution in [0.3, 0.4) is 0 Å². The molecule has 0 radical (unpaired) electrons. The van der Waals surface area contributed by atoms with E-state index in [1.807, 2.05) is 0 Å². The average Bonchev–Trinajstić information content (AvgIpc) is 2.17. The molecule has 1 aliphatic heterocycles. The molecule has 70 valence electrons. The summed E-state index contributed by atoms with van der Waals surface area (Å²) in [7, 11) is 0. The maximum Gasteiger partial charge on any atom is 0.0242 e. The number of fused-ring (bicyclic) bond motifs is 1. The molecule has 1 aromatic carbocycles. The lowest BCUT2D eigenvalue weighted by atomic mass is 9.94. The van der Waals surface area contributed by atoms with Crippen LogP contribution < -0.4 is 5.32 Å². The van der Waals surface area contributed by atoms with Crippen LogP contribution in [0.25, 0.3) is 0 Å². The molecule has 0 saturated heterocycles. The summed E-state index contributed by atoms with van der Waals surface area (Å²) in [5.41, 5.74) is 4.35. The molecule has 0 amide bonds. The Balaban J connectivity index is 2.46. The van der Waals surface area contributed by atoms with Crippen molar-refractivity contribution in [2.75, 3.05) is 6.54 Å². The van der Waals surface area contributed by atoms with E-state index in [1.165, 1.54) is 16.7 Å². The molecule has 1 N–H and O–H groups in total. The fraction of sp³-hybridized carbons (Fsp3) is 0.455. The SMILES string of the molecule is CC(S)c1cccc2c1CNCC2. The van der Waals surface area contributed by atoms with Crippen LogP contribution in [0.1, 0.15) is 28.9 Å². The summed E-state index contributed by atoms with van der Waals surface area (Å²) < 4.78 is 0. The minimum Gasteiger partial charge on any atom is -0.312 e. The molecule has 0 saturated carbocycles. The van der Waals surface area contributed by atoms with Crippen molar-refractivity contribution in [3.8, 4) is 0 Å². The fourth-order valence-electron chi connectivity index (χ4n) is 1.93. The lowest BCUT2D eigenvalue weighted by molar-refractivity contribution is 0.637. The monoisotopic (exact) mass is 193 g/mol. The van der Waals surface area contributed by atoms with Gasteiger partial charge in [-0.2, -0.15) is 12.6 Å². The highest BCUT2D eigenvalue weighted by molar-refractivity contribution is 7.80. The molecule has 1 aliphatic rings. The summed E-state index contributed by atoms with van der Waals surface area (Å²) in [5, 5.41) is 3.74. The third-order valence-corrected chi connectivity index (χ3v) is 2.91. The van der Waals surface area contributed by atoms with Gasteiger partial charge in [0.05, 0.1) is 0 Å². The van der Waals surface area contributed by atoms with Gasteiger partial charge in [-0.05, 0) is 36.6 Å². The lowest BCUT2D eigenvalue weighted by Crippen LogP contribution is -2.24. The fourth-order valence-corrected chi connectivity index (χ4v) is 2.17. The Kier molecular flexibility index (Phi) is 2.61. The van der Waals surface area contributed by atoms with E-state index >= 15 is 0 Å². The molecule has 2 heteroatoms. The predicted molar refractivity (Wildman–Crippen MR) is 59.3 cm³/mol. The molecule has 13 heavy (non-hydrogen) atoms. The van der Waals surface area contributed by atoms with E-state index in [9.17, 15) is 0 Å². The van der Waals surface area contributed by atoms with Gasteiger partial charge in [-0.3, -0.25) is 0 Å². The number of hydrogen-bond donors (Lipinski definition) is 2. The maximum atomic E-state index is 4.49. The summed E-state index contributed by atoms with van der Waals surface area (Å²) in [5.74, 6) is 0. The first-order valence-corrected chi connectivity index (χ1v) is 5.30. The van der Waals surface area contributed by atoms with Crippen molar-refractivity contribution in [2.24, 2.45) is 0 Å². The second kappa shape index (κ2) is 3.72. The van der Waals surface area contributed by atoms with Gasteiger partial charge in [-0.1, -0.05) is 18.2 Å². The Morgan fingerprint density at radius 2 is 2.31 bits per heavy atom. The molecular formula is C11H15NS. The standard InChI is InChI=1S/C11H15NS/c1-8(13)10-4-2-3-9-5-6-12-7-11(9)10/h2-4,8,12-13H,5-7H2,1H3. The van der Waals surface area contributed by atoms with Gasteiger partial charge in [0, 0.05) is 11.8 Å². The minimum atomic E-state index is 0.342. The topological polar surface area (TPSA) is 12.0 Å². The van der Waals surface area contributed by atoms with Crippen molar-refractivity contribution >= 4 is 12.6 Å². The Hall–Kier alpha value is -0.470. The van der Waals surface area contributed by atoms with E-state index in [1.54, 1.807) is 0 Å². The Morgan fingerprint density at radius 1 is 1.46 bits per heavy atom. The summed E-state index contributed by atoms with van der Waals surface area (Å²) >= 11 is 4.49. The zero-order chi connectivity index (χ0) is 9.26. The summed E-state index contributed by atoms with van der Waals surface area (Å²) in [6.07, 6.45) is 1.16. The van der Waals surface area contributed by atoms with Gasteiger partial charge >= 0.3 is 0 Å².